The van der Waals surface area contributed by atoms with Crippen LogP contribution in [0.1, 0.15) is 19.8 Å². The largest absolute Gasteiger partial charge is 0.490 e. The van der Waals surface area contributed by atoms with Crippen LogP contribution in [-0.2, 0) is 6.54 Å². The van der Waals surface area contributed by atoms with Crippen molar-refractivity contribution in [1.29, 1.82) is 0 Å². The van der Waals surface area contributed by atoms with Gasteiger partial charge in [-0.3, -0.25) is 14.3 Å². The van der Waals surface area contributed by atoms with Crippen LogP contribution in [0.15, 0.2) is 15.8 Å². The zero-order chi connectivity index (χ0) is 10.6. The number of hydrogen-bond acceptors (Lipinski definition) is 3. The quantitative estimate of drug-likeness (QED) is 0.759. The summed E-state index contributed by atoms with van der Waals surface area (Å²) in [7, 11) is 1.40. The van der Waals surface area contributed by atoms with Gasteiger partial charge in [-0.2, -0.15) is 0 Å². The molecule has 1 aromatic rings. The number of ether oxygens (including phenoxy) is 1. The van der Waals surface area contributed by atoms with Gasteiger partial charge in [0.1, 0.15) is 0 Å². The van der Waals surface area contributed by atoms with Gasteiger partial charge >= 0.3 is 5.69 Å². The molecule has 0 aliphatic carbocycles. The number of rotatable bonds is 4. The molecule has 5 nitrogen and oxygen atoms in total. The molecule has 5 heteroatoms. The number of methoxy groups -OCH3 is 1. The Morgan fingerprint density at radius 1 is 1.50 bits per heavy atom. The van der Waals surface area contributed by atoms with E-state index in [-0.39, 0.29) is 11.4 Å². The molecule has 0 unspecified atom stereocenters. The standard InChI is InChI=1S/C9H14N2O3/c1-3-4-5-11-6-7(14-2)8(12)10-9(11)13/h6H,3-5H2,1-2H3,(H,10,12,13). The number of aryl methyl sites for hydroxylation is 1. The molecule has 0 aliphatic rings. The molecule has 0 aliphatic heterocycles. The predicted octanol–water partition coefficient (Wildman–Crippen LogP) is 0.345. The third-order valence-corrected chi connectivity index (χ3v) is 1.95. The van der Waals surface area contributed by atoms with Crippen molar-refractivity contribution in [3.63, 3.8) is 0 Å². The molecule has 14 heavy (non-hydrogen) atoms. The Hall–Kier alpha value is -1.52. The smallest absolute Gasteiger partial charge is 0.328 e. The molecule has 0 spiro atoms. The Bertz CT molecular complexity index is 405. The summed E-state index contributed by atoms with van der Waals surface area (Å²) in [5, 5.41) is 0. The van der Waals surface area contributed by atoms with Crippen LogP contribution in [-0.4, -0.2) is 16.7 Å². The molecule has 0 fully saturated rings. The predicted molar refractivity (Wildman–Crippen MR) is 52.8 cm³/mol. The summed E-state index contributed by atoms with van der Waals surface area (Å²) in [6.45, 7) is 2.64. The molecular weight excluding hydrogens is 184 g/mol. The van der Waals surface area contributed by atoms with E-state index in [4.69, 9.17) is 4.74 Å². The van der Waals surface area contributed by atoms with Gasteiger partial charge in [0.25, 0.3) is 5.56 Å². The van der Waals surface area contributed by atoms with E-state index in [2.05, 4.69) is 4.98 Å². The highest BCUT2D eigenvalue weighted by atomic mass is 16.5. The number of H-pyrrole nitrogens is 1. The van der Waals surface area contributed by atoms with Gasteiger partial charge in [-0.1, -0.05) is 13.3 Å². The Kier molecular flexibility index (Phi) is 3.50. The number of aromatic amines is 1. The summed E-state index contributed by atoms with van der Waals surface area (Å²) in [4.78, 5) is 24.6. The minimum Gasteiger partial charge on any atom is -0.490 e. The first-order chi connectivity index (χ1) is 6.69. The maximum atomic E-state index is 11.3. The van der Waals surface area contributed by atoms with Gasteiger partial charge < -0.3 is 4.74 Å². The molecule has 0 bridgehead atoms. The molecule has 1 aromatic heterocycles. The number of aromatic nitrogens is 2. The molecule has 0 atom stereocenters. The maximum absolute atomic E-state index is 11.3. The Morgan fingerprint density at radius 3 is 2.79 bits per heavy atom. The van der Waals surface area contributed by atoms with Crippen molar-refractivity contribution < 1.29 is 4.74 Å². The summed E-state index contributed by atoms with van der Waals surface area (Å²) < 4.78 is 6.27. The summed E-state index contributed by atoms with van der Waals surface area (Å²) >= 11 is 0. The minimum atomic E-state index is -0.481. The van der Waals surface area contributed by atoms with Crippen molar-refractivity contribution in [1.82, 2.24) is 9.55 Å². The van der Waals surface area contributed by atoms with Crippen LogP contribution in [0.3, 0.4) is 0 Å². The van der Waals surface area contributed by atoms with Gasteiger partial charge in [0.15, 0.2) is 0 Å². The van der Waals surface area contributed by atoms with Crippen molar-refractivity contribution in [2.24, 2.45) is 0 Å². The number of unbranched alkanes of at least 4 members (excludes halogenated alkanes) is 1. The lowest BCUT2D eigenvalue weighted by Gasteiger charge is -2.05. The minimum absolute atomic E-state index is 0.167. The average Bonchev–Trinajstić information content (AvgIpc) is 2.17. The summed E-state index contributed by atoms with van der Waals surface area (Å²) in [5.74, 6) is 0.167. The second kappa shape index (κ2) is 4.64. The van der Waals surface area contributed by atoms with Gasteiger partial charge in [0.2, 0.25) is 5.75 Å². The maximum Gasteiger partial charge on any atom is 0.328 e. The Labute approximate surface area is 81.3 Å². The van der Waals surface area contributed by atoms with Crippen molar-refractivity contribution >= 4 is 0 Å². The molecule has 0 radical (unpaired) electrons. The first-order valence-electron chi connectivity index (χ1n) is 4.56. The topological polar surface area (TPSA) is 64.1 Å². The second-order valence-corrected chi connectivity index (χ2v) is 3.00. The van der Waals surface area contributed by atoms with E-state index in [0.29, 0.717) is 6.54 Å². The number of nitrogens with one attached hydrogen (secondary N) is 1. The number of nitrogens with zero attached hydrogens (tertiary/aromatic N) is 1. The van der Waals surface area contributed by atoms with E-state index in [0.717, 1.165) is 12.8 Å². The molecular formula is C9H14N2O3. The van der Waals surface area contributed by atoms with Gasteiger partial charge in [-0.15, -0.1) is 0 Å². The van der Waals surface area contributed by atoms with E-state index >= 15 is 0 Å². The van der Waals surface area contributed by atoms with Crippen LogP contribution in [0.2, 0.25) is 0 Å². The number of hydrogen-bond donors (Lipinski definition) is 1. The van der Waals surface area contributed by atoms with Gasteiger partial charge in [-0.05, 0) is 6.42 Å². The van der Waals surface area contributed by atoms with Crippen molar-refractivity contribution in [3.05, 3.63) is 27.0 Å². The van der Waals surface area contributed by atoms with Crippen molar-refractivity contribution in [3.8, 4) is 5.75 Å². The fraction of sp³-hybridized carbons (Fsp3) is 0.556. The molecule has 1 rings (SSSR count). The summed E-state index contributed by atoms with van der Waals surface area (Å²) in [6, 6.07) is 0. The lowest BCUT2D eigenvalue weighted by molar-refractivity contribution is 0.398. The Morgan fingerprint density at radius 2 is 2.21 bits per heavy atom. The normalized spacial score (nSPS) is 10.1. The third kappa shape index (κ3) is 2.25. The van der Waals surface area contributed by atoms with Crippen LogP contribution >= 0.6 is 0 Å². The van der Waals surface area contributed by atoms with Gasteiger partial charge in [-0.25, -0.2) is 4.79 Å². The monoisotopic (exact) mass is 198 g/mol. The fourth-order valence-electron chi connectivity index (χ4n) is 1.13. The third-order valence-electron chi connectivity index (χ3n) is 1.95. The summed E-state index contributed by atoms with van der Waals surface area (Å²) in [5.41, 5.74) is -0.866. The first-order valence-corrected chi connectivity index (χ1v) is 4.56. The summed E-state index contributed by atoms with van der Waals surface area (Å²) in [6.07, 6.45) is 3.33. The molecule has 0 aromatic carbocycles. The molecule has 0 saturated heterocycles. The average molecular weight is 198 g/mol. The first kappa shape index (κ1) is 10.6. The molecule has 78 valence electrons. The molecule has 1 heterocycles. The molecule has 0 saturated carbocycles. The Balaban J connectivity index is 3.05. The van der Waals surface area contributed by atoms with E-state index in [1.807, 2.05) is 6.92 Å². The fourth-order valence-corrected chi connectivity index (χ4v) is 1.13. The zero-order valence-corrected chi connectivity index (χ0v) is 8.37. The highest BCUT2D eigenvalue weighted by Crippen LogP contribution is 1.98. The van der Waals surface area contributed by atoms with Crippen molar-refractivity contribution in [2.45, 2.75) is 26.3 Å². The SMILES string of the molecule is CCCCn1cc(OC)c(=O)[nH]c1=O. The second-order valence-electron chi connectivity index (χ2n) is 3.00. The lowest BCUT2D eigenvalue weighted by atomic mass is 10.3. The van der Waals surface area contributed by atoms with Crippen LogP contribution in [0.25, 0.3) is 0 Å². The zero-order valence-electron chi connectivity index (χ0n) is 8.37. The molecule has 0 amide bonds. The lowest BCUT2D eigenvalue weighted by Crippen LogP contribution is -2.30. The van der Waals surface area contributed by atoms with Gasteiger partial charge in [0.05, 0.1) is 13.3 Å². The highest BCUT2D eigenvalue weighted by molar-refractivity contribution is 5.11. The van der Waals surface area contributed by atoms with Crippen LogP contribution in [0, 0.1) is 0 Å². The van der Waals surface area contributed by atoms with Gasteiger partial charge in [0, 0.05) is 6.54 Å². The van der Waals surface area contributed by atoms with Crippen LogP contribution in [0.5, 0.6) is 5.75 Å². The van der Waals surface area contributed by atoms with E-state index in [9.17, 15) is 9.59 Å². The van der Waals surface area contributed by atoms with E-state index < -0.39 is 5.56 Å². The van der Waals surface area contributed by atoms with E-state index in [1.165, 1.54) is 17.9 Å². The van der Waals surface area contributed by atoms with Crippen LogP contribution < -0.4 is 16.0 Å². The van der Waals surface area contributed by atoms with Crippen LogP contribution in [0.4, 0.5) is 0 Å². The molecule has 1 N–H and O–H groups in total. The van der Waals surface area contributed by atoms with Crippen molar-refractivity contribution in [2.75, 3.05) is 7.11 Å². The highest BCUT2D eigenvalue weighted by Gasteiger charge is 2.03. The van der Waals surface area contributed by atoms with E-state index in [1.54, 1.807) is 0 Å².